The maximum atomic E-state index is 11.5. The van der Waals surface area contributed by atoms with Crippen molar-refractivity contribution in [2.45, 2.75) is 6.92 Å². The fourth-order valence-corrected chi connectivity index (χ4v) is 2.50. The summed E-state index contributed by atoms with van der Waals surface area (Å²) in [7, 11) is 0. The molecular formula is C17H12ClNO2. The summed E-state index contributed by atoms with van der Waals surface area (Å²) >= 11 is 5.95. The van der Waals surface area contributed by atoms with Crippen molar-refractivity contribution in [2.75, 3.05) is 0 Å². The molecule has 3 rings (SSSR count). The van der Waals surface area contributed by atoms with Crippen molar-refractivity contribution in [1.29, 1.82) is 0 Å². The minimum Gasteiger partial charge on any atom is -0.478 e. The summed E-state index contributed by atoms with van der Waals surface area (Å²) in [5.74, 6) is -0.987. The fraction of sp³-hybridized carbons (Fsp3) is 0.0588. The van der Waals surface area contributed by atoms with Crippen molar-refractivity contribution < 1.29 is 9.90 Å². The van der Waals surface area contributed by atoms with Gasteiger partial charge in [-0.25, -0.2) is 9.78 Å². The third kappa shape index (κ3) is 2.60. The van der Waals surface area contributed by atoms with Crippen LogP contribution in [-0.2, 0) is 0 Å². The number of hydrogen-bond donors (Lipinski definition) is 1. The van der Waals surface area contributed by atoms with Crippen molar-refractivity contribution >= 4 is 28.5 Å². The first-order chi connectivity index (χ1) is 10.0. The highest BCUT2D eigenvalue weighted by Gasteiger charge is 2.13. The molecule has 0 atom stereocenters. The Kier molecular flexibility index (Phi) is 3.35. The Balaban J connectivity index is 2.31. The lowest BCUT2D eigenvalue weighted by molar-refractivity contribution is 0.0699. The number of aromatic nitrogens is 1. The van der Waals surface area contributed by atoms with Gasteiger partial charge >= 0.3 is 5.97 Å². The van der Waals surface area contributed by atoms with Gasteiger partial charge in [0.1, 0.15) is 0 Å². The molecule has 0 radical (unpaired) electrons. The first-order valence-electron chi connectivity index (χ1n) is 6.45. The zero-order valence-electron chi connectivity index (χ0n) is 11.3. The average molecular weight is 298 g/mol. The number of carbonyl (C=O) groups is 1. The highest BCUT2D eigenvalue weighted by atomic mass is 35.5. The summed E-state index contributed by atoms with van der Waals surface area (Å²) in [6, 6.07) is 14.5. The summed E-state index contributed by atoms with van der Waals surface area (Å²) in [4.78, 5) is 16.1. The van der Waals surface area contributed by atoms with Crippen LogP contribution < -0.4 is 0 Å². The summed E-state index contributed by atoms with van der Waals surface area (Å²) in [5.41, 5.74) is 3.47. The molecule has 4 heteroatoms. The van der Waals surface area contributed by atoms with Crippen molar-refractivity contribution in [3.8, 4) is 11.3 Å². The standard InChI is InChI=1S/C17H12ClNO2/c1-10-3-2-4-11(7-10)16-9-14(17(20)21)13-8-12(18)5-6-15(13)19-16/h2-9H,1H3,(H,20,21). The number of halogens is 1. The van der Waals surface area contributed by atoms with E-state index in [1.807, 2.05) is 31.2 Å². The van der Waals surface area contributed by atoms with E-state index in [0.29, 0.717) is 21.6 Å². The maximum absolute atomic E-state index is 11.5. The van der Waals surface area contributed by atoms with Gasteiger partial charge < -0.3 is 5.11 Å². The topological polar surface area (TPSA) is 50.2 Å². The number of benzene rings is 2. The lowest BCUT2D eigenvalue weighted by Crippen LogP contribution is -2.00. The van der Waals surface area contributed by atoms with Crippen molar-refractivity contribution in [2.24, 2.45) is 0 Å². The number of aromatic carboxylic acids is 1. The Morgan fingerprint density at radius 3 is 2.67 bits per heavy atom. The Morgan fingerprint density at radius 1 is 1.14 bits per heavy atom. The molecule has 0 saturated carbocycles. The third-order valence-corrected chi connectivity index (χ3v) is 3.55. The van der Waals surface area contributed by atoms with Gasteiger partial charge in [-0.05, 0) is 37.3 Å². The molecule has 21 heavy (non-hydrogen) atoms. The smallest absolute Gasteiger partial charge is 0.336 e. The number of rotatable bonds is 2. The van der Waals surface area contributed by atoms with Crippen molar-refractivity contribution in [3.63, 3.8) is 0 Å². The van der Waals surface area contributed by atoms with Crippen LogP contribution in [0.4, 0.5) is 0 Å². The maximum Gasteiger partial charge on any atom is 0.336 e. The van der Waals surface area contributed by atoms with Gasteiger partial charge in [-0.2, -0.15) is 0 Å². The highest BCUT2D eigenvalue weighted by Crippen LogP contribution is 2.27. The minimum absolute atomic E-state index is 0.207. The largest absolute Gasteiger partial charge is 0.478 e. The van der Waals surface area contributed by atoms with E-state index in [1.165, 1.54) is 0 Å². The number of carboxylic acids is 1. The minimum atomic E-state index is -0.987. The second-order valence-electron chi connectivity index (χ2n) is 4.89. The van der Waals surface area contributed by atoms with E-state index in [1.54, 1.807) is 24.3 Å². The van der Waals surface area contributed by atoms with Crippen LogP contribution in [0.5, 0.6) is 0 Å². The summed E-state index contributed by atoms with van der Waals surface area (Å²) in [5, 5.41) is 10.5. The Bertz CT molecular complexity index is 859. The number of pyridine rings is 1. The lowest BCUT2D eigenvalue weighted by Gasteiger charge is -2.08. The van der Waals surface area contributed by atoms with E-state index in [-0.39, 0.29) is 5.56 Å². The van der Waals surface area contributed by atoms with Crippen LogP contribution in [0.15, 0.2) is 48.5 Å². The molecule has 3 aromatic rings. The molecule has 3 nitrogen and oxygen atoms in total. The quantitative estimate of drug-likeness (QED) is 0.754. The van der Waals surface area contributed by atoms with E-state index >= 15 is 0 Å². The molecule has 1 aromatic heterocycles. The van der Waals surface area contributed by atoms with Gasteiger partial charge in [0.05, 0.1) is 16.8 Å². The Labute approximate surface area is 126 Å². The molecule has 0 aliphatic heterocycles. The van der Waals surface area contributed by atoms with Crippen LogP contribution in [-0.4, -0.2) is 16.1 Å². The number of nitrogens with zero attached hydrogens (tertiary/aromatic N) is 1. The first-order valence-corrected chi connectivity index (χ1v) is 6.83. The Hall–Kier alpha value is -2.39. The van der Waals surface area contributed by atoms with Gasteiger partial charge in [0.2, 0.25) is 0 Å². The first kappa shape index (κ1) is 13.6. The predicted octanol–water partition coefficient (Wildman–Crippen LogP) is 4.56. The molecule has 0 saturated heterocycles. The molecule has 0 spiro atoms. The van der Waals surface area contributed by atoms with E-state index < -0.39 is 5.97 Å². The van der Waals surface area contributed by atoms with Gasteiger partial charge in [0.25, 0.3) is 0 Å². The predicted molar refractivity (Wildman–Crippen MR) is 83.9 cm³/mol. The lowest BCUT2D eigenvalue weighted by atomic mass is 10.0. The molecule has 0 aliphatic rings. The molecule has 1 heterocycles. The van der Waals surface area contributed by atoms with Gasteiger partial charge in [-0.1, -0.05) is 35.4 Å². The van der Waals surface area contributed by atoms with E-state index in [9.17, 15) is 9.90 Å². The van der Waals surface area contributed by atoms with Crippen LogP contribution in [0.25, 0.3) is 22.2 Å². The molecule has 0 aliphatic carbocycles. The zero-order chi connectivity index (χ0) is 15.0. The van der Waals surface area contributed by atoms with Crippen molar-refractivity contribution in [1.82, 2.24) is 4.98 Å². The van der Waals surface area contributed by atoms with E-state index in [0.717, 1.165) is 11.1 Å². The third-order valence-electron chi connectivity index (χ3n) is 3.31. The second-order valence-corrected chi connectivity index (χ2v) is 5.33. The number of carboxylic acid groups (broad SMARTS) is 1. The fourth-order valence-electron chi connectivity index (χ4n) is 2.33. The number of hydrogen-bond acceptors (Lipinski definition) is 2. The number of fused-ring (bicyclic) bond motifs is 1. The SMILES string of the molecule is Cc1cccc(-c2cc(C(=O)O)c3cc(Cl)ccc3n2)c1. The summed E-state index contributed by atoms with van der Waals surface area (Å²) < 4.78 is 0. The second kappa shape index (κ2) is 5.19. The molecule has 2 aromatic carbocycles. The molecule has 0 bridgehead atoms. The van der Waals surface area contributed by atoms with Crippen LogP contribution in [0.3, 0.4) is 0 Å². The van der Waals surface area contributed by atoms with Crippen LogP contribution in [0.2, 0.25) is 5.02 Å². The zero-order valence-corrected chi connectivity index (χ0v) is 12.1. The van der Waals surface area contributed by atoms with Gasteiger partial charge in [-0.3, -0.25) is 0 Å². The summed E-state index contributed by atoms with van der Waals surface area (Å²) in [6.45, 7) is 1.99. The summed E-state index contributed by atoms with van der Waals surface area (Å²) in [6.07, 6.45) is 0. The number of aryl methyl sites for hydroxylation is 1. The van der Waals surface area contributed by atoms with Crippen LogP contribution in [0.1, 0.15) is 15.9 Å². The Morgan fingerprint density at radius 2 is 1.95 bits per heavy atom. The van der Waals surface area contributed by atoms with Crippen LogP contribution in [0, 0.1) is 6.92 Å². The van der Waals surface area contributed by atoms with E-state index in [4.69, 9.17) is 11.6 Å². The van der Waals surface area contributed by atoms with Gasteiger partial charge in [0, 0.05) is 16.0 Å². The molecular weight excluding hydrogens is 286 g/mol. The van der Waals surface area contributed by atoms with Crippen LogP contribution >= 0.6 is 11.6 Å². The molecule has 0 unspecified atom stereocenters. The molecule has 0 fully saturated rings. The normalized spacial score (nSPS) is 10.8. The average Bonchev–Trinajstić information content (AvgIpc) is 2.46. The van der Waals surface area contributed by atoms with E-state index in [2.05, 4.69) is 4.98 Å². The molecule has 1 N–H and O–H groups in total. The highest BCUT2D eigenvalue weighted by molar-refractivity contribution is 6.31. The monoisotopic (exact) mass is 297 g/mol. The molecule has 0 amide bonds. The molecule has 104 valence electrons. The van der Waals surface area contributed by atoms with Crippen molar-refractivity contribution in [3.05, 3.63) is 64.7 Å². The van der Waals surface area contributed by atoms with Gasteiger partial charge in [-0.15, -0.1) is 0 Å². The van der Waals surface area contributed by atoms with Gasteiger partial charge in [0.15, 0.2) is 0 Å².